The highest BCUT2D eigenvalue weighted by Crippen LogP contribution is 2.22. The van der Waals surface area contributed by atoms with E-state index in [1.165, 1.54) is 0 Å². The third kappa shape index (κ3) is 5.14. The van der Waals surface area contributed by atoms with Crippen molar-refractivity contribution in [2.45, 2.75) is 25.9 Å². The summed E-state index contributed by atoms with van der Waals surface area (Å²) in [5.74, 6) is 1.59. The summed E-state index contributed by atoms with van der Waals surface area (Å²) in [6, 6.07) is 25.0. The van der Waals surface area contributed by atoms with E-state index in [0.717, 1.165) is 40.0 Å². The van der Waals surface area contributed by atoms with Gasteiger partial charge in [-0.15, -0.1) is 0 Å². The summed E-state index contributed by atoms with van der Waals surface area (Å²) in [5, 5.41) is 3.08. The van der Waals surface area contributed by atoms with Crippen LogP contribution in [0.1, 0.15) is 35.6 Å². The zero-order valence-corrected chi connectivity index (χ0v) is 18.9. The van der Waals surface area contributed by atoms with Crippen LogP contribution in [0.2, 0.25) is 0 Å². The normalized spacial score (nSPS) is 11.9. The monoisotopic (exact) mass is 477 g/mol. The lowest BCUT2D eigenvalue weighted by Gasteiger charge is -2.17. The molecule has 1 heterocycles. The van der Waals surface area contributed by atoms with Crippen molar-refractivity contribution in [1.29, 1.82) is 0 Å². The van der Waals surface area contributed by atoms with Gasteiger partial charge in [0.2, 0.25) is 0 Å². The molecule has 0 radical (unpaired) electrons. The molecule has 0 saturated carbocycles. The Morgan fingerprint density at radius 2 is 1.74 bits per heavy atom. The quantitative estimate of drug-likeness (QED) is 0.328. The minimum absolute atomic E-state index is 0.119. The first-order chi connectivity index (χ1) is 15.1. The van der Waals surface area contributed by atoms with Crippen molar-refractivity contribution in [2.24, 2.45) is 0 Å². The number of rotatable bonds is 8. The maximum atomic E-state index is 12.7. The molecule has 6 heteroatoms. The topological polar surface area (TPSA) is 56.2 Å². The van der Waals surface area contributed by atoms with Crippen molar-refractivity contribution in [1.82, 2.24) is 14.9 Å². The Morgan fingerprint density at radius 3 is 2.52 bits per heavy atom. The molecule has 1 unspecified atom stereocenters. The van der Waals surface area contributed by atoms with Gasteiger partial charge in [0.25, 0.3) is 5.91 Å². The lowest BCUT2D eigenvalue weighted by atomic mass is 10.2. The summed E-state index contributed by atoms with van der Waals surface area (Å²) >= 11 is 3.40. The van der Waals surface area contributed by atoms with Crippen molar-refractivity contribution in [2.75, 3.05) is 6.61 Å². The molecule has 1 N–H and O–H groups in total. The highest BCUT2D eigenvalue weighted by atomic mass is 79.9. The Hall–Kier alpha value is -3.12. The van der Waals surface area contributed by atoms with E-state index < -0.39 is 0 Å². The Labute approximate surface area is 190 Å². The van der Waals surface area contributed by atoms with Crippen molar-refractivity contribution in [3.8, 4) is 5.75 Å². The van der Waals surface area contributed by atoms with Crippen LogP contribution in [-0.4, -0.2) is 22.1 Å². The van der Waals surface area contributed by atoms with Gasteiger partial charge in [-0.1, -0.05) is 46.3 Å². The molecule has 3 aromatic carbocycles. The van der Waals surface area contributed by atoms with Gasteiger partial charge in [-0.3, -0.25) is 4.79 Å². The number of hydrogen-bond donors (Lipinski definition) is 1. The van der Waals surface area contributed by atoms with E-state index >= 15 is 0 Å². The summed E-state index contributed by atoms with van der Waals surface area (Å²) < 4.78 is 8.96. The van der Waals surface area contributed by atoms with Gasteiger partial charge in [0.15, 0.2) is 0 Å². The van der Waals surface area contributed by atoms with Crippen LogP contribution in [0, 0.1) is 0 Å². The molecule has 31 heavy (non-hydrogen) atoms. The SMILES string of the molecule is CC(NC(=O)c1ccc(Br)cc1)c1nc2ccccc2n1CCCOc1ccccc1. The van der Waals surface area contributed by atoms with Gasteiger partial charge in [-0.25, -0.2) is 4.98 Å². The fourth-order valence-electron chi connectivity index (χ4n) is 3.53. The molecule has 4 aromatic rings. The molecule has 0 fully saturated rings. The van der Waals surface area contributed by atoms with Crippen LogP contribution in [0.5, 0.6) is 5.75 Å². The van der Waals surface area contributed by atoms with Gasteiger partial charge in [-0.05, 0) is 61.9 Å². The van der Waals surface area contributed by atoms with Crippen LogP contribution in [0.15, 0.2) is 83.3 Å². The largest absolute Gasteiger partial charge is 0.494 e. The number of amides is 1. The number of carbonyl (C=O) groups is 1. The van der Waals surface area contributed by atoms with E-state index in [-0.39, 0.29) is 11.9 Å². The van der Waals surface area contributed by atoms with Gasteiger partial charge in [0, 0.05) is 16.6 Å². The molecule has 0 spiro atoms. The van der Waals surface area contributed by atoms with Crippen molar-refractivity contribution < 1.29 is 9.53 Å². The molecule has 1 amide bonds. The number of carbonyl (C=O) groups excluding carboxylic acids is 1. The van der Waals surface area contributed by atoms with E-state index in [2.05, 4.69) is 31.9 Å². The number of imidazole rings is 1. The van der Waals surface area contributed by atoms with Crippen molar-refractivity contribution in [3.05, 3.63) is 94.7 Å². The minimum Gasteiger partial charge on any atom is -0.494 e. The van der Waals surface area contributed by atoms with Crippen LogP contribution in [0.4, 0.5) is 0 Å². The summed E-state index contributed by atoms with van der Waals surface area (Å²) in [4.78, 5) is 17.5. The number of para-hydroxylation sites is 3. The first kappa shape index (κ1) is 21.1. The second kappa shape index (κ2) is 9.79. The molecule has 0 aliphatic heterocycles. The Bertz CT molecular complexity index is 1160. The molecule has 0 aliphatic rings. The molecule has 0 bridgehead atoms. The summed E-state index contributed by atoms with van der Waals surface area (Å²) in [6.45, 7) is 3.33. The highest BCUT2D eigenvalue weighted by Gasteiger charge is 2.19. The number of ether oxygens (including phenoxy) is 1. The molecule has 1 atom stereocenters. The lowest BCUT2D eigenvalue weighted by molar-refractivity contribution is 0.0937. The number of nitrogens with zero attached hydrogens (tertiary/aromatic N) is 2. The molecular formula is C25H24BrN3O2. The number of halogens is 1. The Kier molecular flexibility index (Phi) is 6.67. The number of fused-ring (bicyclic) bond motifs is 1. The van der Waals surface area contributed by atoms with E-state index in [1.54, 1.807) is 12.1 Å². The number of hydrogen-bond acceptors (Lipinski definition) is 3. The lowest BCUT2D eigenvalue weighted by Crippen LogP contribution is -2.28. The van der Waals surface area contributed by atoms with E-state index in [1.807, 2.05) is 67.6 Å². The Balaban J connectivity index is 1.48. The van der Waals surface area contributed by atoms with Crippen LogP contribution in [0.3, 0.4) is 0 Å². The molecule has 5 nitrogen and oxygen atoms in total. The van der Waals surface area contributed by atoms with Crippen LogP contribution in [-0.2, 0) is 6.54 Å². The minimum atomic E-state index is -0.237. The fourth-order valence-corrected chi connectivity index (χ4v) is 3.80. The smallest absolute Gasteiger partial charge is 0.251 e. The Morgan fingerprint density at radius 1 is 1.03 bits per heavy atom. The summed E-state index contributed by atoms with van der Waals surface area (Å²) in [7, 11) is 0. The van der Waals surface area contributed by atoms with E-state index in [9.17, 15) is 4.79 Å². The molecule has 1 aromatic heterocycles. The van der Waals surface area contributed by atoms with Crippen molar-refractivity contribution >= 4 is 32.9 Å². The zero-order chi connectivity index (χ0) is 21.6. The average molecular weight is 478 g/mol. The third-order valence-corrected chi connectivity index (χ3v) is 5.59. The van der Waals surface area contributed by atoms with Crippen LogP contribution < -0.4 is 10.1 Å². The second-order valence-electron chi connectivity index (χ2n) is 7.33. The van der Waals surface area contributed by atoms with Gasteiger partial charge in [0.1, 0.15) is 11.6 Å². The predicted molar refractivity (Wildman–Crippen MR) is 126 cm³/mol. The number of benzene rings is 3. The standard InChI is InChI=1S/C25H24BrN3O2/c1-18(27-25(30)19-12-14-20(26)15-13-19)24-28-22-10-5-6-11-23(22)29(24)16-7-17-31-21-8-3-2-4-9-21/h2-6,8-15,18H,7,16-17H2,1H3,(H,27,30). The van der Waals surface area contributed by atoms with Gasteiger partial charge < -0.3 is 14.6 Å². The van der Waals surface area contributed by atoms with Gasteiger partial charge >= 0.3 is 0 Å². The maximum Gasteiger partial charge on any atom is 0.251 e. The molecular weight excluding hydrogens is 454 g/mol. The van der Waals surface area contributed by atoms with Crippen LogP contribution in [0.25, 0.3) is 11.0 Å². The second-order valence-corrected chi connectivity index (χ2v) is 8.24. The molecule has 158 valence electrons. The summed E-state index contributed by atoms with van der Waals surface area (Å²) in [6.07, 6.45) is 0.829. The fraction of sp³-hybridized carbons (Fsp3) is 0.200. The van der Waals surface area contributed by atoms with Gasteiger partial charge in [-0.2, -0.15) is 0 Å². The van der Waals surface area contributed by atoms with Crippen LogP contribution >= 0.6 is 15.9 Å². The molecule has 4 rings (SSSR count). The maximum absolute atomic E-state index is 12.7. The first-order valence-electron chi connectivity index (χ1n) is 10.3. The van der Waals surface area contributed by atoms with Gasteiger partial charge in [0.05, 0.1) is 23.7 Å². The third-order valence-electron chi connectivity index (χ3n) is 5.06. The zero-order valence-electron chi connectivity index (χ0n) is 17.3. The van der Waals surface area contributed by atoms with E-state index in [0.29, 0.717) is 12.2 Å². The van der Waals surface area contributed by atoms with E-state index in [4.69, 9.17) is 9.72 Å². The first-order valence-corrected chi connectivity index (χ1v) is 11.1. The molecule has 0 aliphatic carbocycles. The van der Waals surface area contributed by atoms with Crippen molar-refractivity contribution in [3.63, 3.8) is 0 Å². The molecule has 0 saturated heterocycles. The number of aromatic nitrogens is 2. The average Bonchev–Trinajstić information content (AvgIpc) is 3.16. The summed E-state index contributed by atoms with van der Waals surface area (Å²) in [5.41, 5.74) is 2.60. The predicted octanol–water partition coefficient (Wildman–Crippen LogP) is 5.76. The number of nitrogens with one attached hydrogen (secondary N) is 1. The number of aryl methyl sites for hydroxylation is 1. The highest BCUT2D eigenvalue weighted by molar-refractivity contribution is 9.10.